The van der Waals surface area contributed by atoms with Crippen LogP contribution in [0.5, 0.6) is 0 Å². The van der Waals surface area contributed by atoms with Gasteiger partial charge in [-0.1, -0.05) is 35.9 Å². The molecule has 1 atom stereocenters. The summed E-state index contributed by atoms with van der Waals surface area (Å²) in [5.41, 5.74) is -0.132. The first-order chi connectivity index (χ1) is 16.1. The summed E-state index contributed by atoms with van der Waals surface area (Å²) in [4.78, 5) is 27.8. The van der Waals surface area contributed by atoms with Gasteiger partial charge in [-0.25, -0.2) is 8.70 Å². The summed E-state index contributed by atoms with van der Waals surface area (Å²) in [5.74, 6) is -1.88. The Morgan fingerprint density at radius 2 is 1.63 bits per heavy atom. The highest BCUT2D eigenvalue weighted by molar-refractivity contribution is 7.90. The number of hydrogen-bond acceptors (Lipinski definition) is 4. The second kappa shape index (κ2) is 11.4. The van der Waals surface area contributed by atoms with Gasteiger partial charge in [0.25, 0.3) is 0 Å². The van der Waals surface area contributed by atoms with Crippen LogP contribution < -0.4 is 9.62 Å². The zero-order valence-corrected chi connectivity index (χ0v) is 22.3. The molecule has 11 heteroatoms. The molecular weight excluding hydrogens is 495 g/mol. The molecule has 0 unspecified atom stereocenters. The topological polar surface area (TPSA) is 90.0 Å². The molecule has 192 valence electrons. The average molecular weight is 527 g/mol. The van der Waals surface area contributed by atoms with Gasteiger partial charge in [-0.2, -0.15) is 12.7 Å². The van der Waals surface area contributed by atoms with E-state index in [0.717, 1.165) is 10.4 Å². The second-order valence-electron chi connectivity index (χ2n) is 9.31. The van der Waals surface area contributed by atoms with Gasteiger partial charge in [0, 0.05) is 31.2 Å². The molecule has 0 aliphatic carbocycles. The smallest absolute Gasteiger partial charge is 0.304 e. The average Bonchev–Trinajstić information content (AvgIpc) is 2.75. The third kappa shape index (κ3) is 7.65. The van der Waals surface area contributed by atoms with Gasteiger partial charge in [0.1, 0.15) is 18.4 Å². The monoisotopic (exact) mass is 526 g/mol. The van der Waals surface area contributed by atoms with Gasteiger partial charge in [0.05, 0.1) is 5.69 Å². The molecule has 2 amide bonds. The normalized spacial score (nSPS) is 12.8. The molecule has 2 rings (SSSR count). The molecule has 0 saturated carbocycles. The van der Waals surface area contributed by atoms with E-state index in [1.165, 1.54) is 37.2 Å². The van der Waals surface area contributed by atoms with Gasteiger partial charge in [-0.3, -0.25) is 9.59 Å². The molecule has 0 saturated heterocycles. The molecule has 0 aliphatic heterocycles. The largest absolute Gasteiger partial charge is 0.350 e. The summed E-state index contributed by atoms with van der Waals surface area (Å²) in [7, 11) is -1.65. The Morgan fingerprint density at radius 3 is 2.14 bits per heavy atom. The molecule has 2 aromatic carbocycles. The molecule has 1 N–H and O–H groups in total. The minimum Gasteiger partial charge on any atom is -0.350 e. The molecule has 8 nitrogen and oxygen atoms in total. The summed E-state index contributed by atoms with van der Waals surface area (Å²) in [6.07, 6.45) is 0. The summed E-state index contributed by atoms with van der Waals surface area (Å²) < 4.78 is 42.3. The minimum absolute atomic E-state index is 0.0157. The van der Waals surface area contributed by atoms with Crippen molar-refractivity contribution in [3.05, 3.63) is 64.9 Å². The lowest BCUT2D eigenvalue weighted by molar-refractivity contribution is -0.140. The van der Waals surface area contributed by atoms with Crippen LogP contribution in [0.3, 0.4) is 0 Å². The Kier molecular flexibility index (Phi) is 9.27. The first-order valence-corrected chi connectivity index (χ1v) is 12.7. The van der Waals surface area contributed by atoms with E-state index in [1.807, 2.05) is 20.8 Å². The zero-order chi connectivity index (χ0) is 26.6. The molecular formula is C24H32ClFN4O4S. The number of nitrogens with one attached hydrogen (secondary N) is 1. The summed E-state index contributed by atoms with van der Waals surface area (Å²) >= 11 is 5.97. The van der Waals surface area contributed by atoms with Crippen molar-refractivity contribution < 1.29 is 22.4 Å². The lowest BCUT2D eigenvalue weighted by Crippen LogP contribution is -2.55. The van der Waals surface area contributed by atoms with Crippen LogP contribution >= 0.6 is 11.6 Å². The second-order valence-corrected chi connectivity index (χ2v) is 11.8. The number of benzene rings is 2. The third-order valence-corrected chi connectivity index (χ3v) is 7.13. The number of halogens is 2. The van der Waals surface area contributed by atoms with Crippen LogP contribution in [0.4, 0.5) is 10.1 Å². The van der Waals surface area contributed by atoms with Crippen LogP contribution in [0.15, 0.2) is 48.5 Å². The Balaban J connectivity index is 2.48. The quantitative estimate of drug-likeness (QED) is 0.542. The summed E-state index contributed by atoms with van der Waals surface area (Å²) in [6, 6.07) is 11.1. The Bertz CT molecular complexity index is 1150. The van der Waals surface area contributed by atoms with E-state index in [9.17, 15) is 22.4 Å². The van der Waals surface area contributed by atoms with Crippen LogP contribution in [-0.2, 0) is 26.3 Å². The van der Waals surface area contributed by atoms with Crippen molar-refractivity contribution in [3.8, 4) is 0 Å². The van der Waals surface area contributed by atoms with E-state index in [1.54, 1.807) is 31.2 Å². The molecule has 0 aliphatic rings. The standard InChI is InChI=1S/C24H32ClFN4O4S/c1-17(23(32)27-24(2,3)4)29(15-18-11-13-19(25)14-12-18)22(31)16-30(35(33,34)28(5)6)21-10-8-7-9-20(21)26/h7-14,17H,15-16H2,1-6H3,(H,27,32)/t17-/m0/s1. The number of carbonyl (C=O) groups is 2. The number of rotatable bonds is 9. The van der Waals surface area contributed by atoms with Gasteiger partial charge >= 0.3 is 10.2 Å². The molecule has 0 fully saturated rings. The molecule has 0 aromatic heterocycles. The third-order valence-electron chi connectivity index (χ3n) is 5.07. The Labute approximate surface area is 211 Å². The minimum atomic E-state index is -4.24. The van der Waals surface area contributed by atoms with Crippen molar-refractivity contribution in [3.63, 3.8) is 0 Å². The number of anilines is 1. The predicted octanol–water partition coefficient (Wildman–Crippen LogP) is 3.42. The van der Waals surface area contributed by atoms with Crippen molar-refractivity contribution in [2.24, 2.45) is 0 Å². The highest BCUT2D eigenvalue weighted by atomic mass is 35.5. The van der Waals surface area contributed by atoms with Gasteiger partial charge < -0.3 is 10.2 Å². The van der Waals surface area contributed by atoms with Crippen LogP contribution in [0.1, 0.15) is 33.3 Å². The van der Waals surface area contributed by atoms with Crippen molar-refractivity contribution in [1.82, 2.24) is 14.5 Å². The molecule has 0 radical (unpaired) electrons. The number of nitrogens with zero attached hydrogens (tertiary/aromatic N) is 3. The fraction of sp³-hybridized carbons (Fsp3) is 0.417. The van der Waals surface area contributed by atoms with E-state index in [0.29, 0.717) is 14.9 Å². The zero-order valence-electron chi connectivity index (χ0n) is 20.7. The predicted molar refractivity (Wildman–Crippen MR) is 136 cm³/mol. The Morgan fingerprint density at radius 1 is 1.06 bits per heavy atom. The maximum Gasteiger partial charge on any atom is 0.304 e. The molecule has 35 heavy (non-hydrogen) atoms. The van der Waals surface area contributed by atoms with Crippen molar-refractivity contribution >= 4 is 39.3 Å². The number of amides is 2. The molecule has 2 aromatic rings. The first-order valence-electron chi connectivity index (χ1n) is 10.9. The van der Waals surface area contributed by atoms with Crippen LogP contribution in [0.2, 0.25) is 5.02 Å². The van der Waals surface area contributed by atoms with Crippen molar-refractivity contribution in [2.45, 2.75) is 45.8 Å². The van der Waals surface area contributed by atoms with Crippen molar-refractivity contribution in [2.75, 3.05) is 24.9 Å². The molecule has 0 spiro atoms. The summed E-state index contributed by atoms with van der Waals surface area (Å²) in [5, 5.41) is 3.35. The summed E-state index contributed by atoms with van der Waals surface area (Å²) in [6.45, 7) is 6.30. The highest BCUT2D eigenvalue weighted by Gasteiger charge is 2.34. The van der Waals surface area contributed by atoms with E-state index in [4.69, 9.17) is 11.6 Å². The SMILES string of the molecule is C[C@@H](C(=O)NC(C)(C)C)N(Cc1ccc(Cl)cc1)C(=O)CN(c1ccccc1F)S(=O)(=O)N(C)C. The molecule has 0 bridgehead atoms. The van der Waals surface area contributed by atoms with Crippen LogP contribution in [0.25, 0.3) is 0 Å². The van der Waals surface area contributed by atoms with Gasteiger partial charge in [0.15, 0.2) is 0 Å². The van der Waals surface area contributed by atoms with Crippen LogP contribution in [-0.4, -0.2) is 61.7 Å². The maximum atomic E-state index is 14.6. The van der Waals surface area contributed by atoms with E-state index in [-0.39, 0.29) is 12.2 Å². The number of para-hydroxylation sites is 1. The van der Waals surface area contributed by atoms with Gasteiger partial charge in [0.2, 0.25) is 11.8 Å². The fourth-order valence-electron chi connectivity index (χ4n) is 3.20. The van der Waals surface area contributed by atoms with Gasteiger partial charge in [-0.05, 0) is 57.5 Å². The van der Waals surface area contributed by atoms with Crippen LogP contribution in [0, 0.1) is 5.82 Å². The van der Waals surface area contributed by atoms with E-state index < -0.39 is 46.0 Å². The fourth-order valence-corrected chi connectivity index (χ4v) is 4.39. The lowest BCUT2D eigenvalue weighted by atomic mass is 10.1. The lowest BCUT2D eigenvalue weighted by Gasteiger charge is -2.34. The maximum absolute atomic E-state index is 14.6. The van der Waals surface area contributed by atoms with E-state index >= 15 is 0 Å². The highest BCUT2D eigenvalue weighted by Crippen LogP contribution is 2.24. The Hall–Kier alpha value is -2.69. The first kappa shape index (κ1) is 28.5. The van der Waals surface area contributed by atoms with E-state index in [2.05, 4.69) is 5.32 Å². The molecule has 0 heterocycles. The number of carbonyl (C=O) groups excluding carboxylic acids is 2. The number of hydrogen-bond donors (Lipinski definition) is 1. The van der Waals surface area contributed by atoms with Gasteiger partial charge in [-0.15, -0.1) is 0 Å². The van der Waals surface area contributed by atoms with Crippen molar-refractivity contribution in [1.29, 1.82) is 0 Å².